The number of nitrogens with zero attached hydrogens (tertiary/aromatic N) is 2. The van der Waals surface area contributed by atoms with E-state index in [1.807, 2.05) is 36.7 Å². The Balaban J connectivity index is 1.63. The maximum Gasteiger partial charge on any atom is 0.169 e. The van der Waals surface area contributed by atoms with E-state index in [1.54, 1.807) is 11.3 Å². The van der Waals surface area contributed by atoms with E-state index >= 15 is 0 Å². The molecule has 2 aromatic carbocycles. The molecule has 4 aromatic rings. The maximum absolute atomic E-state index is 4.53. The van der Waals surface area contributed by atoms with Crippen LogP contribution in [0.2, 0.25) is 0 Å². The lowest BCUT2D eigenvalue weighted by Crippen LogP contribution is -1.87. The first-order valence-corrected chi connectivity index (χ1v) is 8.25. The topological polar surface area (TPSA) is 25.8 Å². The van der Waals surface area contributed by atoms with E-state index in [0.29, 0.717) is 0 Å². The van der Waals surface area contributed by atoms with Crippen LogP contribution in [-0.4, -0.2) is 9.97 Å². The zero-order chi connectivity index (χ0) is 15.5. The van der Waals surface area contributed by atoms with Crippen LogP contribution in [0.1, 0.15) is 0 Å². The van der Waals surface area contributed by atoms with Crippen molar-refractivity contribution in [2.24, 2.45) is 0 Å². The summed E-state index contributed by atoms with van der Waals surface area (Å²) in [5, 5.41) is 0. The number of thiophene rings is 1. The fraction of sp³-hybridized carbons (Fsp3) is 0. The molecule has 2 aromatic heterocycles. The number of aromatic nitrogens is 2. The Morgan fingerprint density at radius 3 is 1.74 bits per heavy atom. The van der Waals surface area contributed by atoms with Crippen LogP contribution >= 0.6 is 11.3 Å². The van der Waals surface area contributed by atoms with E-state index in [0.717, 1.165) is 21.8 Å². The smallest absolute Gasteiger partial charge is 0.169 e. The van der Waals surface area contributed by atoms with Crippen molar-refractivity contribution in [2.45, 2.75) is 0 Å². The van der Waals surface area contributed by atoms with Crippen LogP contribution in [0.25, 0.3) is 32.3 Å². The van der Waals surface area contributed by atoms with Gasteiger partial charge in [0.15, 0.2) is 5.82 Å². The summed E-state index contributed by atoms with van der Waals surface area (Å²) in [4.78, 5) is 11.4. The van der Waals surface area contributed by atoms with Gasteiger partial charge in [-0.25, -0.2) is 9.97 Å². The van der Waals surface area contributed by atoms with Crippen LogP contribution in [0.4, 0.5) is 0 Å². The third-order valence-corrected chi connectivity index (χ3v) is 4.77. The Morgan fingerprint density at radius 1 is 0.522 bits per heavy atom. The summed E-state index contributed by atoms with van der Waals surface area (Å²) in [5.41, 5.74) is 3.40. The van der Waals surface area contributed by atoms with E-state index in [-0.39, 0.29) is 0 Å². The number of rotatable bonds is 3. The molecule has 0 saturated carbocycles. The van der Waals surface area contributed by atoms with Gasteiger partial charge in [0.2, 0.25) is 0 Å². The summed E-state index contributed by atoms with van der Waals surface area (Å²) in [6.45, 7) is 0. The molecule has 0 amide bonds. The second-order valence-electron chi connectivity index (χ2n) is 5.19. The Bertz CT molecular complexity index is 897. The molecule has 0 bridgehead atoms. The van der Waals surface area contributed by atoms with Crippen LogP contribution in [0, 0.1) is 0 Å². The molecular formula is C20H14N2S. The summed E-state index contributed by atoms with van der Waals surface area (Å²) >= 11 is 1.72. The Hall–Kier alpha value is -2.78. The van der Waals surface area contributed by atoms with Gasteiger partial charge in [-0.05, 0) is 23.3 Å². The van der Waals surface area contributed by atoms with Crippen molar-refractivity contribution >= 4 is 11.3 Å². The second kappa shape index (κ2) is 6.15. The summed E-state index contributed by atoms with van der Waals surface area (Å²) in [5.74, 6) is 0.775. The molecule has 0 atom stereocenters. The minimum atomic E-state index is 0.775. The first-order chi connectivity index (χ1) is 11.4. The summed E-state index contributed by atoms with van der Waals surface area (Å²) in [7, 11) is 0. The molecule has 2 heterocycles. The fourth-order valence-corrected chi connectivity index (χ4v) is 3.41. The molecule has 23 heavy (non-hydrogen) atoms. The highest BCUT2D eigenvalue weighted by molar-refractivity contribution is 7.18. The van der Waals surface area contributed by atoms with E-state index in [4.69, 9.17) is 0 Å². The molecule has 3 heteroatoms. The summed E-state index contributed by atoms with van der Waals surface area (Å²) < 4.78 is 0. The summed E-state index contributed by atoms with van der Waals surface area (Å²) in [6.07, 6.45) is 3.78. The van der Waals surface area contributed by atoms with Crippen LogP contribution in [-0.2, 0) is 0 Å². The monoisotopic (exact) mass is 314 g/mol. The molecule has 0 fully saturated rings. The van der Waals surface area contributed by atoms with Crippen molar-refractivity contribution < 1.29 is 0 Å². The van der Waals surface area contributed by atoms with Crippen molar-refractivity contribution in [3.05, 3.63) is 85.2 Å². The second-order valence-corrected chi connectivity index (χ2v) is 6.28. The Kier molecular flexibility index (Phi) is 3.70. The zero-order valence-electron chi connectivity index (χ0n) is 12.4. The lowest BCUT2D eigenvalue weighted by molar-refractivity contribution is 1.19. The van der Waals surface area contributed by atoms with Crippen molar-refractivity contribution in [1.82, 2.24) is 9.97 Å². The number of hydrogen-bond acceptors (Lipinski definition) is 3. The molecule has 0 radical (unpaired) electrons. The molecule has 0 aliphatic rings. The van der Waals surface area contributed by atoms with Gasteiger partial charge in [-0.2, -0.15) is 0 Å². The molecule has 0 N–H and O–H groups in total. The van der Waals surface area contributed by atoms with Gasteiger partial charge in [-0.3, -0.25) is 0 Å². The molecule has 0 saturated heterocycles. The lowest BCUT2D eigenvalue weighted by Gasteiger charge is -2.01. The SMILES string of the molecule is c1ccc(-c2cnc(-c3ccc(-c4ccccc4)s3)nc2)cc1. The zero-order valence-corrected chi connectivity index (χ0v) is 13.2. The van der Waals surface area contributed by atoms with Crippen molar-refractivity contribution in [2.75, 3.05) is 0 Å². The van der Waals surface area contributed by atoms with Crippen molar-refractivity contribution in [3.8, 4) is 32.3 Å². The predicted octanol–water partition coefficient (Wildman–Crippen LogP) is 5.54. The van der Waals surface area contributed by atoms with Gasteiger partial charge in [0, 0.05) is 22.8 Å². The van der Waals surface area contributed by atoms with Gasteiger partial charge in [0.05, 0.1) is 4.88 Å². The van der Waals surface area contributed by atoms with Crippen molar-refractivity contribution in [3.63, 3.8) is 0 Å². The molecule has 0 aliphatic heterocycles. The third-order valence-electron chi connectivity index (χ3n) is 3.64. The van der Waals surface area contributed by atoms with Gasteiger partial charge >= 0.3 is 0 Å². The molecule has 4 rings (SSSR count). The van der Waals surface area contributed by atoms with E-state index in [9.17, 15) is 0 Å². The van der Waals surface area contributed by atoms with Gasteiger partial charge in [0.1, 0.15) is 0 Å². The largest absolute Gasteiger partial charge is 0.235 e. The highest BCUT2D eigenvalue weighted by atomic mass is 32.1. The Morgan fingerprint density at radius 2 is 1.09 bits per heavy atom. The maximum atomic E-state index is 4.53. The van der Waals surface area contributed by atoms with Crippen molar-refractivity contribution in [1.29, 1.82) is 0 Å². The molecule has 0 aliphatic carbocycles. The normalized spacial score (nSPS) is 10.6. The highest BCUT2D eigenvalue weighted by Crippen LogP contribution is 2.32. The minimum Gasteiger partial charge on any atom is -0.235 e. The van der Waals surface area contributed by atoms with Crippen LogP contribution < -0.4 is 0 Å². The van der Waals surface area contributed by atoms with Gasteiger partial charge in [-0.15, -0.1) is 11.3 Å². The van der Waals surface area contributed by atoms with Gasteiger partial charge in [0.25, 0.3) is 0 Å². The highest BCUT2D eigenvalue weighted by Gasteiger charge is 2.07. The number of hydrogen-bond donors (Lipinski definition) is 0. The third kappa shape index (κ3) is 2.91. The molecule has 0 unspecified atom stereocenters. The van der Waals surface area contributed by atoms with E-state index in [1.165, 1.54) is 10.4 Å². The van der Waals surface area contributed by atoms with Crippen LogP contribution in [0.3, 0.4) is 0 Å². The van der Waals surface area contributed by atoms with Crippen LogP contribution in [0.15, 0.2) is 85.2 Å². The standard InChI is InChI=1S/C20H14N2S/c1-3-7-15(8-4-1)17-13-21-20(22-14-17)19-12-11-18(23-19)16-9-5-2-6-10-16/h1-14H. The molecule has 0 spiro atoms. The van der Waals surface area contributed by atoms with Gasteiger partial charge < -0.3 is 0 Å². The predicted molar refractivity (Wildman–Crippen MR) is 96.2 cm³/mol. The average Bonchev–Trinajstić information content (AvgIpc) is 3.14. The van der Waals surface area contributed by atoms with Gasteiger partial charge in [-0.1, -0.05) is 60.7 Å². The Labute approximate surface area is 139 Å². The molecule has 110 valence electrons. The fourth-order valence-electron chi connectivity index (χ4n) is 2.45. The molecule has 2 nitrogen and oxygen atoms in total. The number of benzene rings is 2. The first-order valence-electron chi connectivity index (χ1n) is 7.43. The molecular weight excluding hydrogens is 300 g/mol. The quantitative estimate of drug-likeness (QED) is 0.496. The average molecular weight is 314 g/mol. The van der Waals surface area contributed by atoms with E-state index < -0.39 is 0 Å². The van der Waals surface area contributed by atoms with Crippen LogP contribution in [0.5, 0.6) is 0 Å². The lowest BCUT2D eigenvalue weighted by atomic mass is 10.1. The first kappa shape index (κ1) is 13.9. The van der Waals surface area contributed by atoms with E-state index in [2.05, 4.69) is 58.5 Å². The summed E-state index contributed by atoms with van der Waals surface area (Å²) in [6, 6.07) is 24.8. The minimum absolute atomic E-state index is 0.775.